The summed E-state index contributed by atoms with van der Waals surface area (Å²) in [6, 6.07) is 79.8. The van der Waals surface area contributed by atoms with Crippen LogP contribution >= 0.6 is 0 Å². The molecular weight excluding hydrogens is 715 g/mol. The second-order valence-corrected chi connectivity index (χ2v) is 16.1. The summed E-state index contributed by atoms with van der Waals surface area (Å²) in [7, 11) is 0. The first-order valence-corrected chi connectivity index (χ1v) is 20.5. The standard InChI is InChI=1S/C57H39NO/c1-56(49-28-14-11-24-43(49)44-25-12-15-29-50(44)56)52-31-17-27-48-47-35-33-42(37-54(47)59-55(48)52)58(40-22-9-4-10-23-40)41-32-34-46-45-26-13-16-30-51(45)57(53(46)36-41,38-18-5-2-6-19-38)39-20-7-3-8-21-39/h2-37H,1H3. The summed E-state index contributed by atoms with van der Waals surface area (Å²) in [5.74, 6) is 0. The van der Waals surface area contributed by atoms with E-state index in [4.69, 9.17) is 4.42 Å². The van der Waals surface area contributed by atoms with Crippen molar-refractivity contribution in [2.75, 3.05) is 4.90 Å². The van der Waals surface area contributed by atoms with Crippen molar-refractivity contribution in [2.24, 2.45) is 0 Å². The average Bonchev–Trinajstić information content (AvgIpc) is 3.92. The Bertz CT molecular complexity index is 3150. The topological polar surface area (TPSA) is 16.4 Å². The van der Waals surface area contributed by atoms with Crippen LogP contribution in [-0.4, -0.2) is 0 Å². The van der Waals surface area contributed by atoms with Gasteiger partial charge in [-0.15, -0.1) is 0 Å². The largest absolute Gasteiger partial charge is 0.456 e. The first-order valence-electron chi connectivity index (χ1n) is 20.5. The van der Waals surface area contributed by atoms with Crippen molar-refractivity contribution in [1.29, 1.82) is 0 Å². The Morgan fingerprint density at radius 1 is 0.356 bits per heavy atom. The van der Waals surface area contributed by atoms with Gasteiger partial charge < -0.3 is 9.32 Å². The molecule has 10 aromatic rings. The zero-order valence-corrected chi connectivity index (χ0v) is 32.6. The van der Waals surface area contributed by atoms with E-state index in [1.54, 1.807) is 0 Å². The van der Waals surface area contributed by atoms with E-state index in [0.29, 0.717) is 0 Å². The van der Waals surface area contributed by atoms with Crippen LogP contribution in [0.2, 0.25) is 0 Å². The molecule has 0 saturated heterocycles. The van der Waals surface area contributed by atoms with Gasteiger partial charge in [0.1, 0.15) is 11.2 Å². The maximum atomic E-state index is 7.09. The molecule has 2 aliphatic rings. The van der Waals surface area contributed by atoms with E-state index >= 15 is 0 Å². The van der Waals surface area contributed by atoms with Gasteiger partial charge in [-0.2, -0.15) is 0 Å². The SMILES string of the molecule is CC1(c2cccc3c2oc2cc(N(c4ccccc4)c4ccc5c(c4)C(c4ccccc4)(c4ccccc4)c4ccccc4-5)ccc23)c2ccccc2-c2ccccc21. The number of furan rings is 1. The third kappa shape index (κ3) is 4.69. The van der Waals surface area contributed by atoms with Crippen molar-refractivity contribution >= 4 is 39.0 Å². The van der Waals surface area contributed by atoms with Crippen molar-refractivity contribution in [3.63, 3.8) is 0 Å². The molecule has 278 valence electrons. The summed E-state index contributed by atoms with van der Waals surface area (Å²) >= 11 is 0. The molecule has 0 atom stereocenters. The minimum atomic E-state index is -0.501. The van der Waals surface area contributed by atoms with Gasteiger partial charge in [0, 0.05) is 44.9 Å². The van der Waals surface area contributed by atoms with Gasteiger partial charge in [-0.05, 0) is 99.0 Å². The molecule has 0 fully saturated rings. The average molecular weight is 754 g/mol. The third-order valence-corrected chi connectivity index (χ3v) is 13.2. The molecule has 0 radical (unpaired) electrons. The molecule has 12 rings (SSSR count). The van der Waals surface area contributed by atoms with Gasteiger partial charge in [-0.25, -0.2) is 0 Å². The van der Waals surface area contributed by atoms with Gasteiger partial charge >= 0.3 is 0 Å². The Kier molecular flexibility index (Phi) is 7.31. The quantitative estimate of drug-likeness (QED) is 0.168. The van der Waals surface area contributed by atoms with Crippen LogP contribution < -0.4 is 4.90 Å². The molecule has 1 aromatic heterocycles. The second-order valence-electron chi connectivity index (χ2n) is 16.1. The Morgan fingerprint density at radius 2 is 0.847 bits per heavy atom. The van der Waals surface area contributed by atoms with E-state index in [9.17, 15) is 0 Å². The monoisotopic (exact) mass is 753 g/mol. The lowest BCUT2D eigenvalue weighted by molar-refractivity contribution is 0.638. The molecule has 2 aliphatic carbocycles. The highest BCUT2D eigenvalue weighted by molar-refractivity contribution is 6.08. The van der Waals surface area contributed by atoms with Crippen LogP contribution in [0.5, 0.6) is 0 Å². The fraction of sp³-hybridized carbons (Fsp3) is 0.0526. The normalized spacial score (nSPS) is 14.1. The lowest BCUT2D eigenvalue weighted by atomic mass is 9.67. The van der Waals surface area contributed by atoms with E-state index in [1.807, 2.05) is 0 Å². The molecule has 0 bridgehead atoms. The molecule has 0 spiro atoms. The highest BCUT2D eigenvalue weighted by Crippen LogP contribution is 2.58. The van der Waals surface area contributed by atoms with Crippen molar-refractivity contribution < 1.29 is 4.42 Å². The summed E-state index contributed by atoms with van der Waals surface area (Å²) in [5.41, 5.74) is 18.1. The number of rotatable bonds is 6. The van der Waals surface area contributed by atoms with Crippen molar-refractivity contribution in [3.8, 4) is 22.3 Å². The number of hydrogen-bond acceptors (Lipinski definition) is 2. The van der Waals surface area contributed by atoms with Crippen LogP contribution in [0.25, 0.3) is 44.2 Å². The number of para-hydroxylation sites is 2. The maximum absolute atomic E-state index is 7.09. The van der Waals surface area contributed by atoms with Crippen LogP contribution in [0.3, 0.4) is 0 Å². The van der Waals surface area contributed by atoms with Crippen molar-refractivity contribution in [1.82, 2.24) is 0 Å². The Morgan fingerprint density at radius 3 is 1.49 bits per heavy atom. The summed E-state index contributed by atoms with van der Waals surface area (Å²) < 4.78 is 7.09. The Hall–Kier alpha value is -7.42. The highest BCUT2D eigenvalue weighted by atomic mass is 16.3. The summed E-state index contributed by atoms with van der Waals surface area (Å²) in [6.45, 7) is 2.36. The molecule has 1 heterocycles. The molecule has 0 aliphatic heterocycles. The van der Waals surface area contributed by atoms with E-state index in [-0.39, 0.29) is 5.41 Å². The van der Waals surface area contributed by atoms with Crippen LogP contribution in [0.1, 0.15) is 45.9 Å². The predicted octanol–water partition coefficient (Wildman–Crippen LogP) is 14.8. The number of anilines is 3. The van der Waals surface area contributed by atoms with E-state index in [0.717, 1.165) is 39.0 Å². The third-order valence-electron chi connectivity index (χ3n) is 13.2. The lowest BCUT2D eigenvalue weighted by Crippen LogP contribution is -2.28. The summed E-state index contributed by atoms with van der Waals surface area (Å²) in [4.78, 5) is 2.38. The van der Waals surface area contributed by atoms with Crippen LogP contribution in [-0.2, 0) is 10.8 Å². The Balaban J connectivity index is 1.06. The number of hydrogen-bond donors (Lipinski definition) is 0. The second kappa shape index (κ2) is 12.8. The minimum absolute atomic E-state index is 0.370. The fourth-order valence-corrected chi connectivity index (χ4v) is 10.7. The highest BCUT2D eigenvalue weighted by Gasteiger charge is 2.46. The van der Waals surface area contributed by atoms with Crippen LogP contribution in [0.4, 0.5) is 17.1 Å². The molecule has 0 amide bonds. The fourth-order valence-electron chi connectivity index (χ4n) is 10.7. The minimum Gasteiger partial charge on any atom is -0.456 e. The summed E-state index contributed by atoms with van der Waals surface area (Å²) in [6.07, 6.45) is 0. The first-order chi connectivity index (χ1) is 29.2. The van der Waals surface area contributed by atoms with Gasteiger partial charge in [0.15, 0.2) is 0 Å². The number of fused-ring (bicyclic) bond motifs is 9. The predicted molar refractivity (Wildman–Crippen MR) is 243 cm³/mol. The smallest absolute Gasteiger partial charge is 0.139 e. The van der Waals surface area contributed by atoms with Crippen molar-refractivity contribution in [3.05, 3.63) is 257 Å². The first kappa shape index (κ1) is 33.7. The number of benzene rings is 9. The summed E-state index contributed by atoms with van der Waals surface area (Å²) in [5, 5.41) is 2.24. The molecule has 9 aromatic carbocycles. The molecule has 0 N–H and O–H groups in total. The molecule has 59 heavy (non-hydrogen) atoms. The van der Waals surface area contributed by atoms with Gasteiger partial charge in [0.2, 0.25) is 0 Å². The van der Waals surface area contributed by atoms with Gasteiger partial charge in [0.05, 0.1) is 5.41 Å². The van der Waals surface area contributed by atoms with Gasteiger partial charge in [0.25, 0.3) is 0 Å². The lowest BCUT2D eigenvalue weighted by Gasteiger charge is -2.35. The molecular formula is C57H39NO. The number of nitrogens with zero attached hydrogens (tertiary/aromatic N) is 1. The van der Waals surface area contributed by atoms with E-state index < -0.39 is 5.41 Å². The van der Waals surface area contributed by atoms with Gasteiger partial charge in [-0.1, -0.05) is 176 Å². The molecule has 0 unspecified atom stereocenters. The van der Waals surface area contributed by atoms with E-state index in [1.165, 1.54) is 61.2 Å². The van der Waals surface area contributed by atoms with Crippen LogP contribution in [0.15, 0.2) is 223 Å². The molecule has 2 heteroatoms. The zero-order valence-electron chi connectivity index (χ0n) is 32.6. The van der Waals surface area contributed by atoms with Crippen molar-refractivity contribution in [2.45, 2.75) is 17.8 Å². The molecule has 2 nitrogen and oxygen atoms in total. The van der Waals surface area contributed by atoms with Crippen LogP contribution in [0, 0.1) is 0 Å². The Labute approximate surface area is 344 Å². The zero-order chi connectivity index (χ0) is 39.1. The van der Waals surface area contributed by atoms with E-state index in [2.05, 4.69) is 230 Å². The maximum Gasteiger partial charge on any atom is 0.139 e. The van der Waals surface area contributed by atoms with Gasteiger partial charge in [-0.3, -0.25) is 0 Å². The molecule has 0 saturated carbocycles.